The number of hydrogen-bond acceptors (Lipinski definition) is 3. The van der Waals surface area contributed by atoms with Crippen molar-refractivity contribution in [2.24, 2.45) is 0 Å². The molecule has 1 aliphatic rings. The second-order valence-corrected chi connectivity index (χ2v) is 6.48. The minimum Gasteiger partial charge on any atom is -0.497 e. The molecule has 3 rings (SSSR count). The normalized spacial score (nSPS) is 17.6. The van der Waals surface area contributed by atoms with Gasteiger partial charge in [-0.3, -0.25) is 0 Å². The third-order valence-electron chi connectivity index (χ3n) is 4.84. The van der Waals surface area contributed by atoms with Gasteiger partial charge in [0.1, 0.15) is 23.4 Å². The van der Waals surface area contributed by atoms with E-state index in [9.17, 15) is 0 Å². The number of rotatable bonds is 5. The number of hydrogen-bond donors (Lipinski definition) is 0. The summed E-state index contributed by atoms with van der Waals surface area (Å²) in [6.07, 6.45) is 2.00. The zero-order chi connectivity index (χ0) is 17.1. The SMILES string of the molecule is CCC(C)c1cccc(OC2CCOc3cc(OC)cc(C)c32)c1. The van der Waals surface area contributed by atoms with E-state index in [1.807, 2.05) is 18.2 Å². The van der Waals surface area contributed by atoms with Crippen LogP contribution in [0.4, 0.5) is 0 Å². The molecule has 0 N–H and O–H groups in total. The lowest BCUT2D eigenvalue weighted by atomic mass is 9.97. The van der Waals surface area contributed by atoms with Crippen molar-refractivity contribution in [2.45, 2.75) is 45.6 Å². The summed E-state index contributed by atoms with van der Waals surface area (Å²) in [5.41, 5.74) is 3.61. The molecule has 0 spiro atoms. The maximum absolute atomic E-state index is 6.35. The van der Waals surface area contributed by atoms with E-state index in [0.29, 0.717) is 12.5 Å². The lowest BCUT2D eigenvalue weighted by Crippen LogP contribution is -2.20. The molecule has 0 radical (unpaired) electrons. The minimum atomic E-state index is 0.0202. The van der Waals surface area contributed by atoms with E-state index < -0.39 is 0 Å². The molecule has 2 unspecified atom stereocenters. The van der Waals surface area contributed by atoms with Crippen LogP contribution in [0.15, 0.2) is 36.4 Å². The predicted molar refractivity (Wildman–Crippen MR) is 96.4 cm³/mol. The molecule has 128 valence electrons. The molecule has 1 aliphatic heterocycles. The molecule has 24 heavy (non-hydrogen) atoms. The molecule has 1 heterocycles. The van der Waals surface area contributed by atoms with E-state index >= 15 is 0 Å². The lowest BCUT2D eigenvalue weighted by Gasteiger charge is -2.29. The Morgan fingerprint density at radius 3 is 2.79 bits per heavy atom. The van der Waals surface area contributed by atoms with Crippen molar-refractivity contribution in [2.75, 3.05) is 13.7 Å². The van der Waals surface area contributed by atoms with Crippen molar-refractivity contribution in [3.05, 3.63) is 53.1 Å². The molecule has 3 heteroatoms. The van der Waals surface area contributed by atoms with Gasteiger partial charge in [-0.05, 0) is 48.6 Å². The van der Waals surface area contributed by atoms with Crippen LogP contribution in [0.5, 0.6) is 17.2 Å². The third-order valence-corrected chi connectivity index (χ3v) is 4.84. The Bertz CT molecular complexity index is 708. The van der Waals surface area contributed by atoms with Crippen LogP contribution in [0, 0.1) is 6.92 Å². The topological polar surface area (TPSA) is 27.7 Å². The molecular weight excluding hydrogens is 300 g/mol. The number of methoxy groups -OCH3 is 1. The Balaban J connectivity index is 1.88. The highest BCUT2D eigenvalue weighted by molar-refractivity contribution is 5.49. The van der Waals surface area contributed by atoms with Gasteiger partial charge in [-0.2, -0.15) is 0 Å². The smallest absolute Gasteiger partial charge is 0.131 e. The van der Waals surface area contributed by atoms with E-state index in [0.717, 1.165) is 41.2 Å². The van der Waals surface area contributed by atoms with E-state index in [2.05, 4.69) is 39.0 Å². The van der Waals surface area contributed by atoms with Crippen LogP contribution in [-0.4, -0.2) is 13.7 Å². The fraction of sp³-hybridized carbons (Fsp3) is 0.429. The number of benzene rings is 2. The zero-order valence-electron chi connectivity index (χ0n) is 15.0. The van der Waals surface area contributed by atoms with Gasteiger partial charge in [-0.15, -0.1) is 0 Å². The van der Waals surface area contributed by atoms with Gasteiger partial charge in [0, 0.05) is 18.1 Å². The number of fused-ring (bicyclic) bond motifs is 1. The lowest BCUT2D eigenvalue weighted by molar-refractivity contribution is 0.135. The van der Waals surface area contributed by atoms with Gasteiger partial charge in [-0.25, -0.2) is 0 Å². The van der Waals surface area contributed by atoms with Gasteiger partial charge in [0.25, 0.3) is 0 Å². The Hall–Kier alpha value is -2.16. The second-order valence-electron chi connectivity index (χ2n) is 6.48. The first-order chi connectivity index (χ1) is 11.6. The molecule has 0 bridgehead atoms. The predicted octanol–water partition coefficient (Wildman–Crippen LogP) is 5.42. The van der Waals surface area contributed by atoms with Crippen molar-refractivity contribution >= 4 is 0 Å². The highest BCUT2D eigenvalue weighted by atomic mass is 16.5. The average molecular weight is 326 g/mol. The maximum atomic E-state index is 6.35. The van der Waals surface area contributed by atoms with Gasteiger partial charge in [0.05, 0.1) is 13.7 Å². The van der Waals surface area contributed by atoms with Gasteiger partial charge in [-0.1, -0.05) is 26.0 Å². The van der Waals surface area contributed by atoms with E-state index in [1.165, 1.54) is 5.56 Å². The molecule has 0 fully saturated rings. The summed E-state index contributed by atoms with van der Waals surface area (Å²) >= 11 is 0. The molecule has 2 aromatic rings. The molecule has 2 atom stereocenters. The number of aryl methyl sites for hydroxylation is 1. The molecule has 0 aliphatic carbocycles. The summed E-state index contributed by atoms with van der Waals surface area (Å²) in [7, 11) is 1.68. The van der Waals surface area contributed by atoms with Crippen LogP contribution in [0.1, 0.15) is 55.4 Å². The highest BCUT2D eigenvalue weighted by Gasteiger charge is 2.26. The standard InChI is InChI=1S/C21H26O3/c1-5-14(2)16-7-6-8-17(12-16)24-19-9-10-23-20-13-18(22-4)11-15(3)21(19)20/h6-8,11-14,19H,5,9-10H2,1-4H3. The van der Waals surface area contributed by atoms with Crippen molar-refractivity contribution < 1.29 is 14.2 Å². The first-order valence-corrected chi connectivity index (χ1v) is 8.70. The molecular formula is C21H26O3. The Labute approximate surface area is 144 Å². The highest BCUT2D eigenvalue weighted by Crippen LogP contribution is 2.40. The first-order valence-electron chi connectivity index (χ1n) is 8.70. The van der Waals surface area contributed by atoms with Crippen molar-refractivity contribution in [3.63, 3.8) is 0 Å². The van der Waals surface area contributed by atoms with Crippen LogP contribution in [0.3, 0.4) is 0 Å². The molecule has 0 aromatic heterocycles. The largest absolute Gasteiger partial charge is 0.497 e. The summed E-state index contributed by atoms with van der Waals surface area (Å²) in [5, 5.41) is 0. The van der Waals surface area contributed by atoms with Crippen LogP contribution in [0.2, 0.25) is 0 Å². The monoisotopic (exact) mass is 326 g/mol. The quantitative estimate of drug-likeness (QED) is 0.734. The van der Waals surface area contributed by atoms with E-state index in [4.69, 9.17) is 14.2 Å². The van der Waals surface area contributed by atoms with E-state index in [1.54, 1.807) is 7.11 Å². The number of ether oxygens (including phenoxy) is 3. The van der Waals surface area contributed by atoms with Crippen molar-refractivity contribution in [1.29, 1.82) is 0 Å². The third kappa shape index (κ3) is 3.35. The molecule has 2 aromatic carbocycles. The minimum absolute atomic E-state index is 0.0202. The van der Waals surface area contributed by atoms with Crippen molar-refractivity contribution in [1.82, 2.24) is 0 Å². The average Bonchev–Trinajstić information content (AvgIpc) is 2.61. The Morgan fingerprint density at radius 2 is 2.04 bits per heavy atom. The Morgan fingerprint density at radius 1 is 1.21 bits per heavy atom. The fourth-order valence-electron chi connectivity index (χ4n) is 3.22. The summed E-state index contributed by atoms with van der Waals surface area (Å²) in [6, 6.07) is 12.5. The second kappa shape index (κ2) is 7.16. The molecule has 3 nitrogen and oxygen atoms in total. The van der Waals surface area contributed by atoms with Gasteiger partial charge >= 0.3 is 0 Å². The fourth-order valence-corrected chi connectivity index (χ4v) is 3.22. The van der Waals surface area contributed by atoms with Gasteiger partial charge in [0.2, 0.25) is 0 Å². The van der Waals surface area contributed by atoms with Crippen LogP contribution in [0.25, 0.3) is 0 Å². The van der Waals surface area contributed by atoms with Gasteiger partial charge in [0.15, 0.2) is 0 Å². The first kappa shape index (κ1) is 16.7. The Kier molecular flexibility index (Phi) is 4.98. The van der Waals surface area contributed by atoms with Crippen molar-refractivity contribution in [3.8, 4) is 17.2 Å². The van der Waals surface area contributed by atoms with Crippen LogP contribution >= 0.6 is 0 Å². The molecule has 0 saturated carbocycles. The molecule has 0 saturated heterocycles. The summed E-state index contributed by atoms with van der Waals surface area (Å²) in [5.74, 6) is 3.18. The summed E-state index contributed by atoms with van der Waals surface area (Å²) < 4.78 is 17.5. The summed E-state index contributed by atoms with van der Waals surface area (Å²) in [6.45, 7) is 7.21. The molecule has 0 amide bonds. The maximum Gasteiger partial charge on any atom is 0.131 e. The van der Waals surface area contributed by atoms with Crippen LogP contribution in [-0.2, 0) is 0 Å². The zero-order valence-corrected chi connectivity index (χ0v) is 15.0. The summed E-state index contributed by atoms with van der Waals surface area (Å²) in [4.78, 5) is 0. The van der Waals surface area contributed by atoms with E-state index in [-0.39, 0.29) is 6.10 Å². The van der Waals surface area contributed by atoms with Gasteiger partial charge < -0.3 is 14.2 Å². The van der Waals surface area contributed by atoms with Crippen LogP contribution < -0.4 is 14.2 Å².